The Morgan fingerprint density at radius 2 is 2.20 bits per heavy atom. The molecule has 1 saturated heterocycles. The lowest BCUT2D eigenvalue weighted by Gasteiger charge is -2.24. The average Bonchev–Trinajstić information content (AvgIpc) is 3.24. The minimum Gasteiger partial charge on any atom is -0.373 e. The Hall–Kier alpha value is -2.08. The number of para-hydroxylation sites is 1. The summed E-state index contributed by atoms with van der Waals surface area (Å²) in [6, 6.07) is 8.08. The van der Waals surface area contributed by atoms with Gasteiger partial charge in [-0.05, 0) is 44.7 Å². The molecule has 1 atom stereocenters. The average molecular weight is 344 g/mol. The summed E-state index contributed by atoms with van der Waals surface area (Å²) in [4.78, 5) is 18.9. The predicted molar refractivity (Wildman–Crippen MR) is 100 cm³/mol. The van der Waals surface area contributed by atoms with Gasteiger partial charge in [-0.25, -0.2) is 4.99 Å². The van der Waals surface area contributed by atoms with E-state index in [1.807, 2.05) is 30.0 Å². The fourth-order valence-corrected chi connectivity index (χ4v) is 3.42. The van der Waals surface area contributed by atoms with Crippen molar-refractivity contribution in [2.45, 2.75) is 38.7 Å². The molecule has 0 aliphatic carbocycles. The molecule has 2 heterocycles. The van der Waals surface area contributed by atoms with Crippen LogP contribution in [0.5, 0.6) is 0 Å². The fourth-order valence-electron chi connectivity index (χ4n) is 3.42. The van der Waals surface area contributed by atoms with Crippen LogP contribution in [0.2, 0.25) is 0 Å². The molecule has 0 radical (unpaired) electrons. The van der Waals surface area contributed by atoms with E-state index in [4.69, 9.17) is 4.74 Å². The normalized spacial score (nSPS) is 22.8. The Labute approximate surface area is 149 Å². The number of guanidine groups is 1. The van der Waals surface area contributed by atoms with Gasteiger partial charge in [-0.2, -0.15) is 0 Å². The maximum absolute atomic E-state index is 12.6. The van der Waals surface area contributed by atoms with Gasteiger partial charge < -0.3 is 20.3 Å². The molecule has 1 unspecified atom stereocenters. The van der Waals surface area contributed by atoms with Gasteiger partial charge >= 0.3 is 0 Å². The Bertz CT molecular complexity index is 638. The van der Waals surface area contributed by atoms with Gasteiger partial charge in [-0.3, -0.25) is 4.79 Å². The number of hydrogen-bond acceptors (Lipinski definition) is 3. The number of rotatable bonds is 5. The number of nitrogens with zero attached hydrogens (tertiary/aromatic N) is 2. The number of nitrogens with one attached hydrogen (secondary N) is 2. The first-order chi connectivity index (χ1) is 12.1. The number of carbonyl (C=O) groups excluding carboxylic acids is 1. The van der Waals surface area contributed by atoms with Gasteiger partial charge in [0.1, 0.15) is 6.54 Å². The van der Waals surface area contributed by atoms with Gasteiger partial charge in [0.15, 0.2) is 5.96 Å². The van der Waals surface area contributed by atoms with Crippen LogP contribution >= 0.6 is 0 Å². The second kappa shape index (κ2) is 7.87. The highest BCUT2D eigenvalue weighted by atomic mass is 16.5. The summed E-state index contributed by atoms with van der Waals surface area (Å²) in [7, 11) is 0. The van der Waals surface area contributed by atoms with Gasteiger partial charge in [0.05, 0.1) is 5.60 Å². The number of benzene rings is 1. The molecule has 0 aromatic heterocycles. The van der Waals surface area contributed by atoms with Crippen molar-refractivity contribution in [3.63, 3.8) is 0 Å². The molecule has 1 aromatic carbocycles. The molecule has 3 rings (SSSR count). The van der Waals surface area contributed by atoms with Gasteiger partial charge in [-0.1, -0.05) is 18.2 Å². The quantitative estimate of drug-likeness (QED) is 0.630. The maximum atomic E-state index is 12.6. The van der Waals surface area contributed by atoms with E-state index in [0.29, 0.717) is 12.5 Å². The number of carbonyl (C=O) groups is 1. The van der Waals surface area contributed by atoms with Crippen LogP contribution in [0.15, 0.2) is 29.3 Å². The number of aliphatic imine (C=N–C) groups is 1. The second-order valence-electron chi connectivity index (χ2n) is 6.87. The van der Waals surface area contributed by atoms with Crippen molar-refractivity contribution in [3.8, 4) is 0 Å². The summed E-state index contributed by atoms with van der Waals surface area (Å²) >= 11 is 0. The molecule has 6 heteroatoms. The highest BCUT2D eigenvalue weighted by Crippen LogP contribution is 2.27. The van der Waals surface area contributed by atoms with Gasteiger partial charge in [0, 0.05) is 31.9 Å². The minimum absolute atomic E-state index is 0.0329. The molecule has 1 aromatic rings. The maximum Gasteiger partial charge on any atom is 0.248 e. The van der Waals surface area contributed by atoms with E-state index in [0.717, 1.165) is 44.6 Å². The van der Waals surface area contributed by atoms with Crippen LogP contribution in [-0.2, 0) is 16.0 Å². The summed E-state index contributed by atoms with van der Waals surface area (Å²) in [5.74, 6) is 0.700. The molecule has 0 saturated carbocycles. The lowest BCUT2D eigenvalue weighted by atomic mass is 10.0. The SMILES string of the molecule is CCNC(=NCC(=O)N1CCc2ccccc21)NCC1(C)CCCO1. The van der Waals surface area contributed by atoms with E-state index in [1.165, 1.54) is 5.56 Å². The van der Waals surface area contributed by atoms with E-state index in [9.17, 15) is 4.79 Å². The molecule has 6 nitrogen and oxygen atoms in total. The van der Waals surface area contributed by atoms with Gasteiger partial charge in [0.2, 0.25) is 5.91 Å². The molecular weight excluding hydrogens is 316 g/mol. The highest BCUT2D eigenvalue weighted by Gasteiger charge is 2.30. The lowest BCUT2D eigenvalue weighted by Crippen LogP contribution is -2.46. The fraction of sp³-hybridized carbons (Fsp3) is 0.579. The van der Waals surface area contributed by atoms with Crippen LogP contribution in [0, 0.1) is 0 Å². The van der Waals surface area contributed by atoms with Crippen molar-refractivity contribution in [2.75, 3.05) is 37.7 Å². The third-order valence-electron chi connectivity index (χ3n) is 4.84. The van der Waals surface area contributed by atoms with E-state index in [-0.39, 0.29) is 18.1 Å². The van der Waals surface area contributed by atoms with Crippen LogP contribution in [0.1, 0.15) is 32.3 Å². The molecule has 1 amide bonds. The summed E-state index contributed by atoms with van der Waals surface area (Å²) in [5.41, 5.74) is 2.11. The number of amides is 1. The van der Waals surface area contributed by atoms with E-state index >= 15 is 0 Å². The highest BCUT2D eigenvalue weighted by molar-refractivity contribution is 5.98. The number of ether oxygens (including phenoxy) is 1. The summed E-state index contributed by atoms with van der Waals surface area (Å²) < 4.78 is 5.79. The van der Waals surface area contributed by atoms with Crippen molar-refractivity contribution < 1.29 is 9.53 Å². The number of anilines is 1. The number of hydrogen-bond donors (Lipinski definition) is 2. The summed E-state index contributed by atoms with van der Waals surface area (Å²) in [5, 5.41) is 6.51. The van der Waals surface area contributed by atoms with Crippen molar-refractivity contribution in [2.24, 2.45) is 4.99 Å². The van der Waals surface area contributed by atoms with E-state index in [2.05, 4.69) is 28.6 Å². The zero-order valence-electron chi connectivity index (χ0n) is 15.2. The third-order valence-corrected chi connectivity index (χ3v) is 4.84. The lowest BCUT2D eigenvalue weighted by molar-refractivity contribution is -0.117. The van der Waals surface area contributed by atoms with E-state index < -0.39 is 0 Å². The molecule has 2 N–H and O–H groups in total. The van der Waals surface area contributed by atoms with Crippen molar-refractivity contribution in [1.82, 2.24) is 10.6 Å². The third kappa shape index (κ3) is 4.31. The Morgan fingerprint density at radius 3 is 2.96 bits per heavy atom. The van der Waals surface area contributed by atoms with Crippen molar-refractivity contribution >= 4 is 17.6 Å². The predicted octanol–water partition coefficient (Wildman–Crippen LogP) is 1.70. The first-order valence-corrected chi connectivity index (χ1v) is 9.16. The van der Waals surface area contributed by atoms with Crippen LogP contribution in [0.3, 0.4) is 0 Å². The first-order valence-electron chi connectivity index (χ1n) is 9.16. The molecular formula is C19H28N4O2. The monoisotopic (exact) mass is 344 g/mol. The zero-order valence-corrected chi connectivity index (χ0v) is 15.2. The second-order valence-corrected chi connectivity index (χ2v) is 6.87. The molecule has 2 aliphatic rings. The molecule has 0 spiro atoms. The summed E-state index contributed by atoms with van der Waals surface area (Å²) in [6.45, 7) is 7.28. The molecule has 25 heavy (non-hydrogen) atoms. The smallest absolute Gasteiger partial charge is 0.248 e. The Kier molecular flexibility index (Phi) is 5.58. The molecule has 0 bridgehead atoms. The summed E-state index contributed by atoms with van der Waals surface area (Å²) in [6.07, 6.45) is 3.06. The largest absolute Gasteiger partial charge is 0.373 e. The molecule has 136 valence electrons. The van der Waals surface area contributed by atoms with Crippen LogP contribution in [-0.4, -0.2) is 50.3 Å². The Balaban J connectivity index is 1.58. The Morgan fingerprint density at radius 1 is 1.36 bits per heavy atom. The van der Waals surface area contributed by atoms with E-state index in [1.54, 1.807) is 0 Å². The first kappa shape index (κ1) is 17.7. The van der Waals surface area contributed by atoms with Gasteiger partial charge in [-0.15, -0.1) is 0 Å². The topological polar surface area (TPSA) is 66.0 Å². The van der Waals surface area contributed by atoms with Crippen LogP contribution < -0.4 is 15.5 Å². The minimum atomic E-state index is -0.145. The molecule has 2 aliphatic heterocycles. The van der Waals surface area contributed by atoms with Crippen molar-refractivity contribution in [3.05, 3.63) is 29.8 Å². The zero-order chi connectivity index (χ0) is 17.7. The van der Waals surface area contributed by atoms with Gasteiger partial charge in [0.25, 0.3) is 0 Å². The standard InChI is InChI=1S/C19H28N4O2/c1-3-20-18(22-14-19(2)10-6-12-25-19)21-13-17(24)23-11-9-15-7-4-5-8-16(15)23/h4-5,7-8H,3,6,9-14H2,1-2H3,(H2,20,21,22). The van der Waals surface area contributed by atoms with Crippen LogP contribution in [0.25, 0.3) is 0 Å². The van der Waals surface area contributed by atoms with Crippen LogP contribution in [0.4, 0.5) is 5.69 Å². The number of fused-ring (bicyclic) bond motifs is 1. The molecule has 1 fully saturated rings. The van der Waals surface area contributed by atoms with Crippen molar-refractivity contribution in [1.29, 1.82) is 0 Å².